The summed E-state index contributed by atoms with van der Waals surface area (Å²) < 4.78 is 1.73. The number of aromatic nitrogens is 4. The highest BCUT2D eigenvalue weighted by Gasteiger charge is 2.02. The zero-order valence-corrected chi connectivity index (χ0v) is 9.52. The fourth-order valence-electron chi connectivity index (χ4n) is 1.36. The van der Waals surface area contributed by atoms with Crippen LogP contribution >= 0.6 is 0 Å². The molecule has 2 aromatic rings. The lowest BCUT2D eigenvalue weighted by atomic mass is 10.4. The van der Waals surface area contributed by atoms with E-state index in [1.165, 1.54) is 0 Å². The van der Waals surface area contributed by atoms with Gasteiger partial charge < -0.3 is 10.6 Å². The van der Waals surface area contributed by atoms with Crippen LogP contribution in [0.3, 0.4) is 0 Å². The van der Waals surface area contributed by atoms with Gasteiger partial charge in [-0.1, -0.05) is 0 Å². The maximum Gasteiger partial charge on any atom is 0.224 e. The summed E-state index contributed by atoms with van der Waals surface area (Å²) in [6.45, 7) is 1.92. The lowest BCUT2D eigenvalue weighted by molar-refractivity contribution is 0.771. The molecule has 6 heteroatoms. The molecule has 0 spiro atoms. The van der Waals surface area contributed by atoms with Crippen molar-refractivity contribution in [2.45, 2.75) is 6.92 Å². The number of hydrogen-bond donors (Lipinski definition) is 2. The summed E-state index contributed by atoms with van der Waals surface area (Å²) in [5.41, 5.74) is 0.901. The van der Waals surface area contributed by atoms with Crippen molar-refractivity contribution >= 4 is 17.6 Å². The molecule has 2 heterocycles. The highest BCUT2D eigenvalue weighted by molar-refractivity contribution is 5.53. The van der Waals surface area contributed by atoms with Gasteiger partial charge in [-0.05, 0) is 6.92 Å². The van der Waals surface area contributed by atoms with Gasteiger partial charge in [0.05, 0.1) is 0 Å². The van der Waals surface area contributed by atoms with Gasteiger partial charge in [-0.15, -0.1) is 0 Å². The van der Waals surface area contributed by atoms with Crippen molar-refractivity contribution in [2.24, 2.45) is 7.05 Å². The number of aryl methyl sites for hydroxylation is 2. The second kappa shape index (κ2) is 4.18. The van der Waals surface area contributed by atoms with Crippen LogP contribution in [0.25, 0.3) is 0 Å². The molecule has 84 valence electrons. The second-order valence-corrected chi connectivity index (χ2v) is 3.47. The molecule has 0 radical (unpaired) electrons. The maximum absolute atomic E-state index is 4.27. The minimum absolute atomic E-state index is 0.596. The van der Waals surface area contributed by atoms with E-state index < -0.39 is 0 Å². The van der Waals surface area contributed by atoms with Crippen LogP contribution in [0.5, 0.6) is 0 Å². The van der Waals surface area contributed by atoms with Crippen molar-refractivity contribution < 1.29 is 0 Å². The van der Waals surface area contributed by atoms with Crippen molar-refractivity contribution in [1.82, 2.24) is 19.7 Å². The monoisotopic (exact) mass is 218 g/mol. The van der Waals surface area contributed by atoms with Crippen molar-refractivity contribution in [3.8, 4) is 0 Å². The molecule has 2 rings (SSSR count). The molecule has 16 heavy (non-hydrogen) atoms. The molecule has 0 saturated heterocycles. The standard InChI is InChI=1S/C10H14N6/c1-7-6-9(14-10(11-2)12-7)13-8-4-5-16(3)15-8/h4-6H,1-3H3,(H2,11,12,13,14,15). The zero-order chi connectivity index (χ0) is 11.5. The molecular weight excluding hydrogens is 204 g/mol. The molecule has 0 aromatic carbocycles. The molecule has 2 aromatic heterocycles. The van der Waals surface area contributed by atoms with Crippen molar-refractivity contribution in [3.05, 3.63) is 24.0 Å². The normalized spacial score (nSPS) is 10.2. The van der Waals surface area contributed by atoms with Crippen molar-refractivity contribution in [3.63, 3.8) is 0 Å². The molecule has 0 aliphatic heterocycles. The molecule has 0 unspecified atom stereocenters. The molecule has 0 saturated carbocycles. The van der Waals surface area contributed by atoms with Gasteiger partial charge in [0.1, 0.15) is 5.82 Å². The third-order valence-corrected chi connectivity index (χ3v) is 2.05. The lowest BCUT2D eigenvalue weighted by Gasteiger charge is -2.05. The van der Waals surface area contributed by atoms with Crippen molar-refractivity contribution in [2.75, 3.05) is 17.7 Å². The first-order valence-electron chi connectivity index (χ1n) is 4.97. The van der Waals surface area contributed by atoms with E-state index in [2.05, 4.69) is 25.7 Å². The molecule has 6 nitrogen and oxygen atoms in total. The van der Waals surface area contributed by atoms with Gasteiger partial charge in [0.15, 0.2) is 5.82 Å². The van der Waals surface area contributed by atoms with Gasteiger partial charge in [-0.2, -0.15) is 10.1 Å². The number of nitrogens with one attached hydrogen (secondary N) is 2. The van der Waals surface area contributed by atoms with Crippen LogP contribution in [0.1, 0.15) is 5.69 Å². The summed E-state index contributed by atoms with van der Waals surface area (Å²) in [5, 5.41) is 10.2. The fourth-order valence-corrected chi connectivity index (χ4v) is 1.36. The van der Waals surface area contributed by atoms with E-state index in [-0.39, 0.29) is 0 Å². The Morgan fingerprint density at radius 2 is 2.06 bits per heavy atom. The van der Waals surface area contributed by atoms with Crippen LogP contribution in [0.2, 0.25) is 0 Å². The Morgan fingerprint density at radius 3 is 2.69 bits per heavy atom. The SMILES string of the molecule is CNc1nc(C)cc(Nc2ccn(C)n2)n1. The van der Waals surface area contributed by atoms with E-state index in [0.29, 0.717) is 5.95 Å². The first-order chi connectivity index (χ1) is 7.67. The van der Waals surface area contributed by atoms with Gasteiger partial charge >= 0.3 is 0 Å². The molecule has 0 bridgehead atoms. The highest BCUT2D eigenvalue weighted by Crippen LogP contribution is 2.14. The first kappa shape index (κ1) is 10.4. The van der Waals surface area contributed by atoms with E-state index >= 15 is 0 Å². The van der Waals surface area contributed by atoms with Gasteiger partial charge in [-0.25, -0.2) is 4.98 Å². The Morgan fingerprint density at radius 1 is 1.25 bits per heavy atom. The zero-order valence-electron chi connectivity index (χ0n) is 9.52. The minimum atomic E-state index is 0.596. The average Bonchev–Trinajstić information content (AvgIpc) is 2.63. The number of nitrogens with zero attached hydrogens (tertiary/aromatic N) is 4. The molecule has 0 aliphatic carbocycles. The summed E-state index contributed by atoms with van der Waals surface area (Å²) in [5.74, 6) is 2.09. The Bertz CT molecular complexity index is 490. The lowest BCUT2D eigenvalue weighted by Crippen LogP contribution is -2.02. The van der Waals surface area contributed by atoms with E-state index in [1.54, 1.807) is 11.7 Å². The quantitative estimate of drug-likeness (QED) is 0.812. The summed E-state index contributed by atoms with van der Waals surface area (Å²) in [6.07, 6.45) is 1.87. The molecule has 0 atom stereocenters. The molecule has 0 aliphatic rings. The summed E-state index contributed by atoms with van der Waals surface area (Å²) in [6, 6.07) is 3.76. The van der Waals surface area contributed by atoms with E-state index in [1.807, 2.05) is 32.3 Å². The number of hydrogen-bond acceptors (Lipinski definition) is 5. The predicted molar refractivity (Wildman–Crippen MR) is 62.8 cm³/mol. The summed E-state index contributed by atoms with van der Waals surface area (Å²) in [7, 11) is 3.66. The summed E-state index contributed by atoms with van der Waals surface area (Å²) in [4.78, 5) is 8.49. The Kier molecular flexibility index (Phi) is 2.72. The molecule has 0 fully saturated rings. The largest absolute Gasteiger partial charge is 0.357 e. The van der Waals surface area contributed by atoms with Gasteiger partial charge in [0, 0.05) is 38.1 Å². The van der Waals surface area contributed by atoms with Crippen LogP contribution < -0.4 is 10.6 Å². The van der Waals surface area contributed by atoms with Crippen LogP contribution in [0.15, 0.2) is 18.3 Å². The van der Waals surface area contributed by atoms with E-state index in [0.717, 1.165) is 17.3 Å². The molecular formula is C10H14N6. The van der Waals surface area contributed by atoms with Crippen molar-refractivity contribution in [1.29, 1.82) is 0 Å². The minimum Gasteiger partial charge on any atom is -0.357 e. The highest BCUT2D eigenvalue weighted by atomic mass is 15.3. The average molecular weight is 218 g/mol. The third-order valence-electron chi connectivity index (χ3n) is 2.05. The predicted octanol–water partition coefficient (Wildman–Crippen LogP) is 1.30. The maximum atomic E-state index is 4.27. The Hall–Kier alpha value is -2.11. The fraction of sp³-hybridized carbons (Fsp3) is 0.300. The molecule has 2 N–H and O–H groups in total. The first-order valence-corrected chi connectivity index (χ1v) is 4.97. The van der Waals surface area contributed by atoms with Crippen LogP contribution in [0, 0.1) is 6.92 Å². The second-order valence-electron chi connectivity index (χ2n) is 3.47. The smallest absolute Gasteiger partial charge is 0.224 e. The van der Waals surface area contributed by atoms with Crippen LogP contribution in [-0.2, 0) is 7.05 Å². The Balaban J connectivity index is 2.24. The van der Waals surface area contributed by atoms with E-state index in [9.17, 15) is 0 Å². The van der Waals surface area contributed by atoms with Gasteiger partial charge in [-0.3, -0.25) is 4.68 Å². The van der Waals surface area contributed by atoms with E-state index in [4.69, 9.17) is 0 Å². The number of rotatable bonds is 3. The van der Waals surface area contributed by atoms with Gasteiger partial charge in [0.25, 0.3) is 0 Å². The van der Waals surface area contributed by atoms with Gasteiger partial charge in [0.2, 0.25) is 5.95 Å². The van der Waals surface area contributed by atoms with Crippen LogP contribution in [0.4, 0.5) is 17.6 Å². The van der Waals surface area contributed by atoms with Crippen LogP contribution in [-0.4, -0.2) is 26.8 Å². The summed E-state index contributed by atoms with van der Waals surface area (Å²) >= 11 is 0. The number of anilines is 3. The third kappa shape index (κ3) is 2.28. The topological polar surface area (TPSA) is 67.7 Å². The Labute approximate surface area is 93.7 Å². The molecule has 0 amide bonds.